The van der Waals surface area contributed by atoms with Gasteiger partial charge in [-0.15, -0.1) is 0 Å². The number of aromatic nitrogens is 2. The minimum absolute atomic E-state index is 0.166. The van der Waals surface area contributed by atoms with E-state index in [1.165, 1.54) is 0 Å². The Hall–Kier alpha value is -3.09. The van der Waals surface area contributed by atoms with Crippen LogP contribution in [0.25, 0.3) is 0 Å². The Morgan fingerprint density at radius 2 is 2.16 bits per heavy atom. The number of ether oxygens (including phenoxy) is 1. The second kappa shape index (κ2) is 6.43. The van der Waals surface area contributed by atoms with Crippen molar-refractivity contribution in [1.82, 2.24) is 15.0 Å². The molecule has 0 aliphatic carbocycles. The molecule has 1 aliphatic rings. The third-order valence-corrected chi connectivity index (χ3v) is 4.02. The molecule has 1 aromatic carbocycles. The molecule has 25 heavy (non-hydrogen) atoms. The van der Waals surface area contributed by atoms with E-state index in [-0.39, 0.29) is 12.5 Å². The second-order valence-electron chi connectivity index (χ2n) is 5.88. The molecule has 7 heteroatoms. The van der Waals surface area contributed by atoms with Crippen LogP contribution in [0.5, 0.6) is 5.75 Å². The minimum Gasteiger partial charge on any atom is -0.484 e. The highest BCUT2D eigenvalue weighted by Gasteiger charge is 2.27. The average molecular weight is 339 g/mol. The van der Waals surface area contributed by atoms with Crippen LogP contribution in [-0.4, -0.2) is 27.5 Å². The maximum absolute atomic E-state index is 12.5. The first-order valence-electron chi connectivity index (χ1n) is 8.07. The molecular weight excluding hydrogens is 322 g/mol. The van der Waals surface area contributed by atoms with Crippen LogP contribution in [0.15, 0.2) is 45.3 Å². The van der Waals surface area contributed by atoms with E-state index in [4.69, 9.17) is 13.7 Å². The summed E-state index contributed by atoms with van der Waals surface area (Å²) in [7, 11) is 0. The van der Waals surface area contributed by atoms with E-state index < -0.39 is 0 Å². The van der Waals surface area contributed by atoms with Gasteiger partial charge in [0, 0.05) is 19.0 Å². The molecule has 0 bridgehead atoms. The molecule has 7 nitrogen and oxygen atoms in total. The molecule has 3 aromatic rings. The van der Waals surface area contributed by atoms with E-state index >= 15 is 0 Å². The van der Waals surface area contributed by atoms with Crippen molar-refractivity contribution in [2.24, 2.45) is 0 Å². The van der Waals surface area contributed by atoms with Crippen LogP contribution in [-0.2, 0) is 19.6 Å². The fraction of sp³-hybridized carbons (Fsp3) is 0.278. The van der Waals surface area contributed by atoms with E-state index in [0.717, 1.165) is 11.4 Å². The molecule has 0 unspecified atom stereocenters. The molecule has 3 heterocycles. The van der Waals surface area contributed by atoms with E-state index in [2.05, 4.69) is 10.1 Å². The van der Waals surface area contributed by atoms with E-state index in [1.807, 2.05) is 30.3 Å². The van der Waals surface area contributed by atoms with Crippen molar-refractivity contribution in [3.63, 3.8) is 0 Å². The molecule has 128 valence electrons. The Morgan fingerprint density at radius 1 is 1.32 bits per heavy atom. The number of carbonyl (C=O) groups is 1. The van der Waals surface area contributed by atoms with Crippen LogP contribution in [0.1, 0.15) is 33.6 Å². The van der Waals surface area contributed by atoms with Crippen LogP contribution in [0.2, 0.25) is 0 Å². The number of oxazole rings is 1. The summed E-state index contributed by atoms with van der Waals surface area (Å²) in [5.41, 5.74) is 1.19. The number of hydrogen-bond donors (Lipinski definition) is 0. The second-order valence-corrected chi connectivity index (χ2v) is 5.88. The third kappa shape index (κ3) is 3.26. The van der Waals surface area contributed by atoms with Crippen LogP contribution >= 0.6 is 0 Å². The number of rotatable bonds is 4. The van der Waals surface area contributed by atoms with Crippen molar-refractivity contribution in [3.8, 4) is 5.75 Å². The van der Waals surface area contributed by atoms with Gasteiger partial charge in [0.2, 0.25) is 5.89 Å². The summed E-state index contributed by atoms with van der Waals surface area (Å²) in [4.78, 5) is 18.6. The minimum atomic E-state index is -0.166. The fourth-order valence-corrected chi connectivity index (χ4v) is 2.78. The zero-order chi connectivity index (χ0) is 17.2. The first-order valence-corrected chi connectivity index (χ1v) is 8.07. The summed E-state index contributed by atoms with van der Waals surface area (Å²) in [6.45, 7) is 2.96. The number of fused-ring (bicyclic) bond motifs is 1. The number of carbonyl (C=O) groups excluding carboxylic acids is 1. The summed E-state index contributed by atoms with van der Waals surface area (Å²) in [5.74, 6) is 2.42. The predicted molar refractivity (Wildman–Crippen MR) is 87.0 cm³/mol. The summed E-state index contributed by atoms with van der Waals surface area (Å²) in [6.07, 6.45) is 0.646. The zero-order valence-corrected chi connectivity index (χ0v) is 13.8. The highest BCUT2D eigenvalue weighted by Crippen LogP contribution is 2.22. The monoisotopic (exact) mass is 339 g/mol. The highest BCUT2D eigenvalue weighted by molar-refractivity contribution is 5.92. The van der Waals surface area contributed by atoms with Gasteiger partial charge in [0.25, 0.3) is 5.91 Å². The molecule has 4 rings (SSSR count). The number of benzene rings is 1. The lowest BCUT2D eigenvalue weighted by molar-refractivity contribution is 0.0707. The number of hydrogen-bond acceptors (Lipinski definition) is 6. The van der Waals surface area contributed by atoms with E-state index in [1.54, 1.807) is 17.9 Å². The van der Waals surface area contributed by atoms with E-state index in [9.17, 15) is 4.79 Å². The van der Waals surface area contributed by atoms with Crippen LogP contribution < -0.4 is 4.74 Å². The van der Waals surface area contributed by atoms with Gasteiger partial charge in [0.1, 0.15) is 17.3 Å². The molecule has 0 saturated carbocycles. The molecule has 1 aliphatic heterocycles. The number of aryl methyl sites for hydroxylation is 1. The quantitative estimate of drug-likeness (QED) is 0.727. The van der Waals surface area contributed by atoms with Crippen LogP contribution in [0, 0.1) is 6.92 Å². The van der Waals surface area contributed by atoms with E-state index in [0.29, 0.717) is 42.6 Å². The fourth-order valence-electron chi connectivity index (χ4n) is 2.78. The zero-order valence-electron chi connectivity index (χ0n) is 13.8. The molecule has 2 aromatic heterocycles. The maximum Gasteiger partial charge on any atom is 0.276 e. The molecule has 0 saturated heterocycles. The Balaban J connectivity index is 1.43. The largest absolute Gasteiger partial charge is 0.484 e. The maximum atomic E-state index is 12.5. The first-order chi connectivity index (χ1) is 12.2. The molecule has 0 fully saturated rings. The number of nitrogens with zero attached hydrogens (tertiary/aromatic N) is 3. The van der Waals surface area contributed by atoms with Gasteiger partial charge in [-0.2, -0.15) is 0 Å². The van der Waals surface area contributed by atoms with Gasteiger partial charge in [0.15, 0.2) is 12.3 Å². The lowest BCUT2D eigenvalue weighted by Crippen LogP contribution is -2.35. The van der Waals surface area contributed by atoms with Gasteiger partial charge in [0.05, 0.1) is 12.2 Å². The van der Waals surface area contributed by atoms with Crippen molar-refractivity contribution in [2.45, 2.75) is 26.5 Å². The predicted octanol–water partition coefficient (Wildman–Crippen LogP) is 2.75. The Bertz CT molecular complexity index is 885. The standard InChI is InChI=1S/C18H17N3O4/c1-12-9-15(20-25-12)18(22)21-8-7-14-16(10-21)24-17(19-14)11-23-13-5-3-2-4-6-13/h2-6,9H,7-8,10-11H2,1H3. The van der Waals surface area contributed by atoms with Crippen LogP contribution in [0.4, 0.5) is 0 Å². The summed E-state index contributed by atoms with van der Waals surface area (Å²) >= 11 is 0. The lowest BCUT2D eigenvalue weighted by atomic mass is 10.1. The van der Waals surface area contributed by atoms with Gasteiger partial charge in [-0.25, -0.2) is 4.98 Å². The van der Waals surface area contributed by atoms with Gasteiger partial charge < -0.3 is 18.6 Å². The van der Waals surface area contributed by atoms with Gasteiger partial charge >= 0.3 is 0 Å². The topological polar surface area (TPSA) is 81.6 Å². The SMILES string of the molecule is Cc1cc(C(=O)N2CCc3nc(COc4ccccc4)oc3C2)no1. The summed E-state index contributed by atoms with van der Waals surface area (Å²) in [5, 5.41) is 3.78. The molecule has 0 spiro atoms. The lowest BCUT2D eigenvalue weighted by Gasteiger charge is -2.24. The first kappa shape index (κ1) is 15.4. The van der Waals surface area contributed by atoms with Gasteiger partial charge in [-0.3, -0.25) is 4.79 Å². The van der Waals surface area contributed by atoms with Gasteiger partial charge in [-0.1, -0.05) is 23.4 Å². The van der Waals surface area contributed by atoms with Crippen molar-refractivity contribution < 1.29 is 18.5 Å². The van der Waals surface area contributed by atoms with Crippen LogP contribution in [0.3, 0.4) is 0 Å². The molecule has 0 radical (unpaired) electrons. The molecule has 0 atom stereocenters. The average Bonchev–Trinajstić information content (AvgIpc) is 3.25. The highest BCUT2D eigenvalue weighted by atomic mass is 16.5. The van der Waals surface area contributed by atoms with Crippen molar-refractivity contribution in [2.75, 3.05) is 6.54 Å². The molecule has 1 amide bonds. The molecule has 0 N–H and O–H groups in total. The summed E-state index contributed by atoms with van der Waals surface area (Å²) in [6, 6.07) is 11.1. The number of para-hydroxylation sites is 1. The Morgan fingerprint density at radius 3 is 2.92 bits per heavy atom. The third-order valence-electron chi connectivity index (χ3n) is 4.02. The molecular formula is C18H17N3O4. The number of amides is 1. The van der Waals surface area contributed by atoms with Gasteiger partial charge in [-0.05, 0) is 19.1 Å². The summed E-state index contributed by atoms with van der Waals surface area (Å²) < 4.78 is 16.4. The smallest absolute Gasteiger partial charge is 0.276 e. The van der Waals surface area contributed by atoms with Crippen molar-refractivity contribution in [1.29, 1.82) is 0 Å². The normalized spacial score (nSPS) is 13.6. The van der Waals surface area contributed by atoms with Crippen molar-refractivity contribution >= 4 is 5.91 Å². The Kier molecular flexibility index (Phi) is 3.97. The Labute approximate surface area is 144 Å². The van der Waals surface area contributed by atoms with Crippen molar-refractivity contribution in [3.05, 3.63) is 65.2 Å².